The molecule has 6 heteroatoms. The van der Waals surface area contributed by atoms with Gasteiger partial charge in [-0.15, -0.1) is 5.43 Å². The molecule has 0 saturated carbocycles. The lowest BCUT2D eigenvalue weighted by atomic mass is 10.1. The second-order valence-corrected chi connectivity index (χ2v) is 2.52. The summed E-state index contributed by atoms with van der Waals surface area (Å²) in [4.78, 5) is 20.8. The van der Waals surface area contributed by atoms with Gasteiger partial charge < -0.3 is 0 Å². The van der Waals surface area contributed by atoms with E-state index < -0.39 is 10.8 Å². The maximum atomic E-state index is 11.0. The quantitative estimate of drug-likeness (QED) is 0.506. The Kier molecular flexibility index (Phi) is 1.42. The molecule has 1 N–H and O–H groups in total. The van der Waals surface area contributed by atoms with E-state index in [1.807, 2.05) is 0 Å². The van der Waals surface area contributed by atoms with Gasteiger partial charge in [0.1, 0.15) is 0 Å². The summed E-state index contributed by atoms with van der Waals surface area (Å²) in [6, 6.07) is 3.99. The maximum absolute atomic E-state index is 11.0. The molecule has 1 aromatic rings. The molecular formula is C7H4N3O3. The molecule has 0 aliphatic carbocycles. The molecule has 0 saturated heterocycles. The fourth-order valence-corrected chi connectivity index (χ4v) is 1.09. The van der Waals surface area contributed by atoms with Crippen molar-refractivity contribution >= 4 is 17.3 Å². The predicted molar refractivity (Wildman–Crippen MR) is 43.2 cm³/mol. The average molecular weight is 178 g/mol. The molecule has 1 aliphatic heterocycles. The summed E-state index contributed by atoms with van der Waals surface area (Å²) in [6.45, 7) is 0. The molecule has 1 aliphatic rings. The number of nitrogens with one attached hydrogen (secondary N) is 1. The largest absolute Gasteiger partial charge is 0.295 e. The topological polar surface area (TPSA) is 86.3 Å². The van der Waals surface area contributed by atoms with Crippen molar-refractivity contribution in [3.05, 3.63) is 33.9 Å². The van der Waals surface area contributed by atoms with Crippen molar-refractivity contribution in [2.75, 3.05) is 5.43 Å². The Hall–Kier alpha value is -2.11. The summed E-state index contributed by atoms with van der Waals surface area (Å²) in [6.07, 6.45) is 0. The van der Waals surface area contributed by atoms with Crippen molar-refractivity contribution in [3.63, 3.8) is 0 Å². The second kappa shape index (κ2) is 2.44. The summed E-state index contributed by atoms with van der Waals surface area (Å²) in [5.41, 5.74) is 6.51. The highest BCUT2D eigenvalue weighted by Crippen LogP contribution is 2.24. The van der Waals surface area contributed by atoms with Crippen LogP contribution in [0.15, 0.2) is 18.2 Å². The van der Waals surface area contributed by atoms with Gasteiger partial charge in [-0.3, -0.25) is 20.3 Å². The van der Waals surface area contributed by atoms with Crippen molar-refractivity contribution in [1.82, 2.24) is 5.43 Å². The van der Waals surface area contributed by atoms with Gasteiger partial charge in [-0.1, -0.05) is 0 Å². The van der Waals surface area contributed by atoms with Gasteiger partial charge in [0.2, 0.25) is 0 Å². The number of hydrogen-bond donors (Lipinski definition) is 1. The molecule has 0 bridgehead atoms. The Morgan fingerprint density at radius 3 is 2.92 bits per heavy atom. The van der Waals surface area contributed by atoms with Gasteiger partial charge in [0.25, 0.3) is 11.6 Å². The zero-order valence-corrected chi connectivity index (χ0v) is 6.35. The Bertz CT molecular complexity index is 402. The molecule has 1 heterocycles. The highest BCUT2D eigenvalue weighted by atomic mass is 16.6. The summed E-state index contributed by atoms with van der Waals surface area (Å²) < 4.78 is 0. The highest BCUT2D eigenvalue weighted by Gasteiger charge is 2.23. The number of nitro benzene ring substituents is 1. The van der Waals surface area contributed by atoms with E-state index in [2.05, 4.69) is 10.9 Å². The van der Waals surface area contributed by atoms with Crippen LogP contribution in [0.25, 0.3) is 0 Å². The molecular weight excluding hydrogens is 174 g/mol. The summed E-state index contributed by atoms with van der Waals surface area (Å²) in [7, 11) is 0. The van der Waals surface area contributed by atoms with Crippen LogP contribution >= 0.6 is 0 Å². The first kappa shape index (κ1) is 7.53. The molecule has 2 rings (SSSR count). The van der Waals surface area contributed by atoms with Gasteiger partial charge in [0.15, 0.2) is 0 Å². The number of fused-ring (bicyclic) bond motifs is 1. The maximum Gasteiger partial charge on any atom is 0.295 e. The van der Waals surface area contributed by atoms with Crippen LogP contribution in [0.4, 0.5) is 11.4 Å². The lowest BCUT2D eigenvalue weighted by molar-refractivity contribution is -0.384. The first-order chi connectivity index (χ1) is 6.18. The van der Waals surface area contributed by atoms with E-state index in [1.54, 1.807) is 0 Å². The van der Waals surface area contributed by atoms with Crippen molar-refractivity contribution < 1.29 is 9.72 Å². The fourth-order valence-electron chi connectivity index (χ4n) is 1.09. The van der Waals surface area contributed by atoms with E-state index in [-0.39, 0.29) is 11.3 Å². The summed E-state index contributed by atoms with van der Waals surface area (Å²) >= 11 is 0. The molecule has 0 aromatic heterocycles. The second-order valence-electron chi connectivity index (χ2n) is 2.52. The predicted octanol–water partition coefficient (Wildman–Crippen LogP) is 0.680. The Balaban J connectivity index is 2.54. The minimum absolute atomic E-state index is 0.106. The summed E-state index contributed by atoms with van der Waals surface area (Å²) in [5.74, 6) is -0.473. The van der Waals surface area contributed by atoms with Crippen LogP contribution in [0.3, 0.4) is 0 Å². The van der Waals surface area contributed by atoms with E-state index in [4.69, 9.17) is 0 Å². The van der Waals surface area contributed by atoms with E-state index in [9.17, 15) is 14.9 Å². The van der Waals surface area contributed by atoms with Crippen LogP contribution in [-0.2, 0) is 0 Å². The van der Waals surface area contributed by atoms with E-state index in [1.165, 1.54) is 18.2 Å². The van der Waals surface area contributed by atoms with Gasteiger partial charge in [-0.25, -0.2) is 0 Å². The number of benzene rings is 1. The molecule has 1 radical (unpaired) electrons. The monoisotopic (exact) mass is 178 g/mol. The molecule has 6 nitrogen and oxygen atoms in total. The first-order valence-corrected chi connectivity index (χ1v) is 3.48. The van der Waals surface area contributed by atoms with E-state index in [0.29, 0.717) is 5.69 Å². The Morgan fingerprint density at radius 1 is 1.46 bits per heavy atom. The Morgan fingerprint density at radius 2 is 2.23 bits per heavy atom. The third-order valence-electron chi connectivity index (χ3n) is 1.72. The van der Waals surface area contributed by atoms with Crippen molar-refractivity contribution in [2.45, 2.75) is 0 Å². The number of carbonyl (C=O) groups is 1. The average Bonchev–Trinajstić information content (AvgIpc) is 2.47. The van der Waals surface area contributed by atoms with Crippen LogP contribution < -0.4 is 10.9 Å². The van der Waals surface area contributed by atoms with Crippen LogP contribution in [0.5, 0.6) is 0 Å². The molecule has 65 valence electrons. The fraction of sp³-hybridized carbons (Fsp3) is 0. The lowest BCUT2D eigenvalue weighted by Crippen LogP contribution is -2.10. The first-order valence-electron chi connectivity index (χ1n) is 3.48. The van der Waals surface area contributed by atoms with Crippen molar-refractivity contribution in [3.8, 4) is 0 Å². The number of hydrogen-bond acceptors (Lipinski definition) is 4. The molecule has 0 spiro atoms. The van der Waals surface area contributed by atoms with E-state index >= 15 is 0 Å². The molecule has 0 unspecified atom stereocenters. The van der Waals surface area contributed by atoms with Crippen LogP contribution in [-0.4, -0.2) is 10.8 Å². The molecule has 1 amide bonds. The third kappa shape index (κ3) is 1.08. The Labute approximate surface area is 72.7 Å². The van der Waals surface area contributed by atoms with E-state index in [0.717, 1.165) is 0 Å². The standard InChI is InChI=1S/C7H4N3O3/c11-7-5-3-4(10(12)13)1-2-6(5)8-9-7/h1-3,8H. The van der Waals surface area contributed by atoms with Crippen molar-refractivity contribution in [1.29, 1.82) is 0 Å². The minimum Gasteiger partial charge on any atom is -0.274 e. The van der Waals surface area contributed by atoms with Gasteiger partial charge in [-0.05, 0) is 6.07 Å². The smallest absolute Gasteiger partial charge is 0.274 e. The zero-order chi connectivity index (χ0) is 9.42. The minimum atomic E-state index is -0.550. The number of anilines is 1. The highest BCUT2D eigenvalue weighted by molar-refractivity contribution is 6.04. The van der Waals surface area contributed by atoms with Gasteiger partial charge >= 0.3 is 0 Å². The van der Waals surface area contributed by atoms with Gasteiger partial charge in [0.05, 0.1) is 16.2 Å². The number of carbonyl (C=O) groups excluding carboxylic acids is 1. The van der Waals surface area contributed by atoms with Gasteiger partial charge in [0, 0.05) is 12.1 Å². The lowest BCUT2D eigenvalue weighted by Gasteiger charge is -1.94. The number of nitrogens with zero attached hydrogens (tertiary/aromatic N) is 2. The molecule has 0 fully saturated rings. The van der Waals surface area contributed by atoms with Crippen LogP contribution in [0.2, 0.25) is 0 Å². The molecule has 1 aromatic carbocycles. The molecule has 13 heavy (non-hydrogen) atoms. The zero-order valence-electron chi connectivity index (χ0n) is 6.35. The number of rotatable bonds is 1. The van der Waals surface area contributed by atoms with Crippen molar-refractivity contribution in [2.24, 2.45) is 0 Å². The number of non-ortho nitro benzene ring substituents is 1. The van der Waals surface area contributed by atoms with Crippen LogP contribution in [0, 0.1) is 10.1 Å². The molecule has 0 atom stereocenters. The number of amides is 1. The number of nitro groups is 1. The summed E-state index contributed by atoms with van der Waals surface area (Å²) in [5, 5.41) is 10.4. The third-order valence-corrected chi connectivity index (χ3v) is 1.72. The van der Waals surface area contributed by atoms with Crippen LogP contribution in [0.1, 0.15) is 10.4 Å². The SMILES string of the molecule is O=C1[N]Nc2ccc([N+](=O)[O-])cc21. The normalized spacial score (nSPS) is 13.1. The van der Waals surface area contributed by atoms with Gasteiger partial charge in [-0.2, -0.15) is 0 Å².